The molecule has 0 radical (unpaired) electrons. The van der Waals surface area contributed by atoms with Gasteiger partial charge >= 0.3 is 5.97 Å². The Kier molecular flexibility index (Phi) is 7.60. The number of carbonyl (C=O) groups is 1. The minimum atomic E-state index is -0.254. The van der Waals surface area contributed by atoms with E-state index >= 15 is 0 Å². The van der Waals surface area contributed by atoms with E-state index in [1.807, 2.05) is 19.1 Å². The molecule has 0 spiro atoms. The van der Waals surface area contributed by atoms with E-state index in [0.717, 1.165) is 18.4 Å². The fraction of sp³-hybridized carbons (Fsp3) is 0.417. The summed E-state index contributed by atoms with van der Waals surface area (Å²) in [6.07, 6.45) is 1.68. The first-order chi connectivity index (χ1) is 7.27. The molecule has 0 heterocycles. The van der Waals surface area contributed by atoms with Gasteiger partial charge in [-0.1, -0.05) is 19.1 Å². The van der Waals surface area contributed by atoms with Gasteiger partial charge in [0.15, 0.2) is 0 Å². The average molecular weight is 244 g/mol. The number of benzene rings is 1. The van der Waals surface area contributed by atoms with Crippen LogP contribution in [0.3, 0.4) is 0 Å². The molecule has 90 valence electrons. The van der Waals surface area contributed by atoms with Crippen molar-refractivity contribution in [3.05, 3.63) is 35.4 Å². The summed E-state index contributed by atoms with van der Waals surface area (Å²) in [4.78, 5) is 11.4. The number of carbonyl (C=O) groups excluding carboxylic acids is 1. The quantitative estimate of drug-likeness (QED) is 0.807. The van der Waals surface area contributed by atoms with Crippen molar-refractivity contribution in [3.8, 4) is 0 Å². The minimum absolute atomic E-state index is 0. The summed E-state index contributed by atoms with van der Waals surface area (Å²) in [6.45, 7) is 3.07. The standard InChI is InChI=1S/C12H17NO2.ClH/c1-2-9-15-12(14)11-5-3-10(4-6-11)7-8-13;/h3-6H,2,7-9,13H2,1H3;1H. The van der Waals surface area contributed by atoms with E-state index in [4.69, 9.17) is 10.5 Å². The second-order valence-corrected chi connectivity index (χ2v) is 3.37. The third kappa shape index (κ3) is 4.64. The van der Waals surface area contributed by atoms with E-state index in [1.165, 1.54) is 0 Å². The Balaban J connectivity index is 0.00000225. The summed E-state index contributed by atoms with van der Waals surface area (Å²) < 4.78 is 5.01. The first-order valence-corrected chi connectivity index (χ1v) is 5.24. The van der Waals surface area contributed by atoms with Gasteiger partial charge in [0.2, 0.25) is 0 Å². The van der Waals surface area contributed by atoms with Crippen LogP contribution in [0.2, 0.25) is 0 Å². The molecule has 0 bridgehead atoms. The highest BCUT2D eigenvalue weighted by atomic mass is 35.5. The highest BCUT2D eigenvalue weighted by Gasteiger charge is 2.05. The van der Waals surface area contributed by atoms with E-state index in [1.54, 1.807) is 12.1 Å². The zero-order chi connectivity index (χ0) is 11.1. The average Bonchev–Trinajstić information content (AvgIpc) is 2.27. The Labute approximate surface area is 102 Å². The lowest BCUT2D eigenvalue weighted by Crippen LogP contribution is -2.06. The van der Waals surface area contributed by atoms with Crippen molar-refractivity contribution in [2.24, 2.45) is 5.73 Å². The van der Waals surface area contributed by atoms with Gasteiger partial charge in [0.25, 0.3) is 0 Å². The van der Waals surface area contributed by atoms with Crippen molar-refractivity contribution in [1.29, 1.82) is 0 Å². The molecule has 0 aliphatic carbocycles. The highest BCUT2D eigenvalue weighted by Crippen LogP contribution is 2.06. The maximum Gasteiger partial charge on any atom is 0.338 e. The van der Waals surface area contributed by atoms with Gasteiger partial charge in [0.05, 0.1) is 12.2 Å². The van der Waals surface area contributed by atoms with E-state index in [9.17, 15) is 4.79 Å². The Morgan fingerprint density at radius 2 is 1.94 bits per heavy atom. The van der Waals surface area contributed by atoms with Gasteiger partial charge in [-0.3, -0.25) is 0 Å². The predicted molar refractivity (Wildman–Crippen MR) is 67.0 cm³/mol. The maximum atomic E-state index is 11.4. The largest absolute Gasteiger partial charge is 0.462 e. The molecule has 0 saturated heterocycles. The number of ether oxygens (including phenoxy) is 1. The number of nitrogens with two attached hydrogens (primary N) is 1. The summed E-state index contributed by atoms with van der Waals surface area (Å²) >= 11 is 0. The molecule has 16 heavy (non-hydrogen) atoms. The molecular weight excluding hydrogens is 226 g/mol. The molecule has 0 aromatic heterocycles. The number of hydrogen-bond acceptors (Lipinski definition) is 3. The van der Waals surface area contributed by atoms with E-state index in [2.05, 4.69) is 0 Å². The Bertz CT molecular complexity index is 311. The van der Waals surface area contributed by atoms with Gasteiger partial charge in [-0.15, -0.1) is 12.4 Å². The van der Waals surface area contributed by atoms with E-state index in [-0.39, 0.29) is 18.4 Å². The van der Waals surface area contributed by atoms with Crippen LogP contribution in [-0.4, -0.2) is 19.1 Å². The van der Waals surface area contributed by atoms with Gasteiger partial charge in [-0.05, 0) is 37.1 Å². The van der Waals surface area contributed by atoms with Crippen molar-refractivity contribution in [2.75, 3.05) is 13.2 Å². The van der Waals surface area contributed by atoms with Crippen LogP contribution < -0.4 is 5.73 Å². The maximum absolute atomic E-state index is 11.4. The van der Waals surface area contributed by atoms with Crippen LogP contribution in [0.4, 0.5) is 0 Å². The monoisotopic (exact) mass is 243 g/mol. The summed E-state index contributed by atoms with van der Waals surface area (Å²) in [5, 5.41) is 0. The smallest absolute Gasteiger partial charge is 0.338 e. The van der Waals surface area contributed by atoms with Gasteiger partial charge in [-0.25, -0.2) is 4.79 Å². The molecule has 1 aromatic rings. The fourth-order valence-electron chi connectivity index (χ4n) is 1.25. The molecule has 1 rings (SSSR count). The molecule has 1 aromatic carbocycles. The molecular formula is C12H18ClNO2. The molecule has 0 atom stereocenters. The van der Waals surface area contributed by atoms with Crippen molar-refractivity contribution >= 4 is 18.4 Å². The third-order valence-corrected chi connectivity index (χ3v) is 2.06. The number of hydrogen-bond donors (Lipinski definition) is 1. The first-order valence-electron chi connectivity index (χ1n) is 5.24. The zero-order valence-electron chi connectivity index (χ0n) is 9.44. The molecule has 4 heteroatoms. The van der Waals surface area contributed by atoms with Crippen LogP contribution in [0.15, 0.2) is 24.3 Å². The predicted octanol–water partition coefficient (Wildman–Crippen LogP) is 2.18. The number of rotatable bonds is 5. The topological polar surface area (TPSA) is 52.3 Å². The minimum Gasteiger partial charge on any atom is -0.462 e. The van der Waals surface area contributed by atoms with E-state index in [0.29, 0.717) is 18.7 Å². The fourth-order valence-corrected chi connectivity index (χ4v) is 1.25. The summed E-state index contributed by atoms with van der Waals surface area (Å²) in [6, 6.07) is 7.39. The van der Waals surface area contributed by atoms with Crippen LogP contribution in [0, 0.1) is 0 Å². The third-order valence-electron chi connectivity index (χ3n) is 2.06. The molecule has 2 N–H and O–H groups in total. The molecule has 0 saturated carbocycles. The van der Waals surface area contributed by atoms with Crippen LogP contribution in [0.1, 0.15) is 29.3 Å². The van der Waals surface area contributed by atoms with E-state index < -0.39 is 0 Å². The van der Waals surface area contributed by atoms with Crippen LogP contribution in [0.5, 0.6) is 0 Å². The SMILES string of the molecule is CCCOC(=O)c1ccc(CCN)cc1.Cl. The highest BCUT2D eigenvalue weighted by molar-refractivity contribution is 5.89. The van der Waals surface area contributed by atoms with Gasteiger partial charge < -0.3 is 10.5 Å². The summed E-state index contributed by atoms with van der Waals surface area (Å²) in [7, 11) is 0. The Hall–Kier alpha value is -1.06. The normalized spacial score (nSPS) is 9.38. The molecule has 0 fully saturated rings. The second-order valence-electron chi connectivity index (χ2n) is 3.37. The lowest BCUT2D eigenvalue weighted by Gasteiger charge is -2.04. The van der Waals surface area contributed by atoms with Gasteiger partial charge in [-0.2, -0.15) is 0 Å². The molecule has 0 unspecified atom stereocenters. The van der Waals surface area contributed by atoms with Crippen LogP contribution >= 0.6 is 12.4 Å². The van der Waals surface area contributed by atoms with Crippen molar-refractivity contribution in [2.45, 2.75) is 19.8 Å². The molecule has 0 amide bonds. The van der Waals surface area contributed by atoms with Crippen LogP contribution in [-0.2, 0) is 11.2 Å². The van der Waals surface area contributed by atoms with Gasteiger partial charge in [0.1, 0.15) is 0 Å². The lowest BCUT2D eigenvalue weighted by atomic mass is 10.1. The Morgan fingerprint density at radius 1 is 1.31 bits per heavy atom. The molecule has 0 aliphatic heterocycles. The molecule has 0 aliphatic rings. The van der Waals surface area contributed by atoms with Gasteiger partial charge in [0, 0.05) is 0 Å². The van der Waals surface area contributed by atoms with Crippen molar-refractivity contribution < 1.29 is 9.53 Å². The first kappa shape index (κ1) is 14.9. The second kappa shape index (κ2) is 8.13. The molecule has 3 nitrogen and oxygen atoms in total. The number of esters is 1. The summed E-state index contributed by atoms with van der Waals surface area (Å²) in [5.41, 5.74) is 7.18. The summed E-state index contributed by atoms with van der Waals surface area (Å²) in [5.74, 6) is -0.254. The zero-order valence-corrected chi connectivity index (χ0v) is 10.3. The van der Waals surface area contributed by atoms with Crippen molar-refractivity contribution in [3.63, 3.8) is 0 Å². The Morgan fingerprint density at radius 3 is 2.44 bits per heavy atom. The van der Waals surface area contributed by atoms with Crippen LogP contribution in [0.25, 0.3) is 0 Å². The lowest BCUT2D eigenvalue weighted by molar-refractivity contribution is 0.0505. The van der Waals surface area contributed by atoms with Crippen molar-refractivity contribution in [1.82, 2.24) is 0 Å². The number of halogens is 1.